The van der Waals surface area contributed by atoms with E-state index in [2.05, 4.69) is 0 Å². The number of hydrogen-bond donors (Lipinski definition) is 1. The molecule has 1 N–H and O–H groups in total. The van der Waals surface area contributed by atoms with E-state index in [0.29, 0.717) is 24.6 Å². The Balaban J connectivity index is 2.35. The van der Waals surface area contributed by atoms with Gasteiger partial charge in [0.1, 0.15) is 5.82 Å². The van der Waals surface area contributed by atoms with Crippen molar-refractivity contribution in [2.24, 2.45) is 0 Å². The first kappa shape index (κ1) is 13.0. The molecule has 1 aliphatic rings. The molecule has 0 bridgehead atoms. The first-order chi connectivity index (χ1) is 8.77. The fourth-order valence-corrected chi connectivity index (χ4v) is 2.72. The Morgan fingerprint density at radius 1 is 1.39 bits per heavy atom. The van der Waals surface area contributed by atoms with Crippen LogP contribution in [0.4, 0.5) is 10.1 Å². The monoisotopic (exact) mass is 251 g/mol. The zero-order valence-corrected chi connectivity index (χ0v) is 10.3. The smallest absolute Gasteiger partial charge is 0.155 e. The van der Waals surface area contributed by atoms with Gasteiger partial charge in [-0.2, -0.15) is 0 Å². The highest BCUT2D eigenvalue weighted by atomic mass is 19.1. The van der Waals surface area contributed by atoms with E-state index in [4.69, 9.17) is 5.11 Å². The average Bonchev–Trinajstić information content (AvgIpc) is 2.89. The van der Waals surface area contributed by atoms with Crippen molar-refractivity contribution in [3.05, 3.63) is 29.6 Å². The summed E-state index contributed by atoms with van der Waals surface area (Å²) in [5.41, 5.74) is 0.698. The Kier molecular flexibility index (Phi) is 4.31. The fourth-order valence-electron chi connectivity index (χ4n) is 2.72. The third-order valence-electron chi connectivity index (χ3n) is 3.56. The highest BCUT2D eigenvalue weighted by Crippen LogP contribution is 2.30. The van der Waals surface area contributed by atoms with Gasteiger partial charge in [0, 0.05) is 12.6 Å². The Labute approximate surface area is 106 Å². The van der Waals surface area contributed by atoms with E-state index in [0.717, 1.165) is 25.7 Å². The molecule has 1 aromatic rings. The summed E-state index contributed by atoms with van der Waals surface area (Å²) in [4.78, 5) is 13.0. The molecular weight excluding hydrogens is 233 g/mol. The highest BCUT2D eigenvalue weighted by molar-refractivity contribution is 5.85. The molecule has 0 radical (unpaired) electrons. The molecule has 4 heteroatoms. The minimum Gasteiger partial charge on any atom is -0.395 e. The van der Waals surface area contributed by atoms with Gasteiger partial charge in [0.2, 0.25) is 0 Å². The van der Waals surface area contributed by atoms with E-state index in [9.17, 15) is 9.18 Å². The molecule has 1 fully saturated rings. The van der Waals surface area contributed by atoms with Crippen molar-refractivity contribution in [3.8, 4) is 0 Å². The second-order valence-electron chi connectivity index (χ2n) is 4.65. The standard InChI is InChI=1S/C14H18FNO2/c15-13-6-3-7-14(12(13)10-18)16(8-9-17)11-4-1-2-5-11/h3,6-7,10-11,17H,1-2,4-5,8-9H2. The highest BCUT2D eigenvalue weighted by Gasteiger charge is 2.24. The summed E-state index contributed by atoms with van der Waals surface area (Å²) in [5, 5.41) is 9.17. The van der Waals surface area contributed by atoms with Gasteiger partial charge in [-0.15, -0.1) is 0 Å². The molecule has 1 aromatic carbocycles. The second kappa shape index (κ2) is 5.96. The maximum Gasteiger partial charge on any atom is 0.155 e. The summed E-state index contributed by atoms with van der Waals surface area (Å²) in [5.74, 6) is -0.497. The zero-order chi connectivity index (χ0) is 13.0. The molecule has 98 valence electrons. The van der Waals surface area contributed by atoms with Gasteiger partial charge in [0.25, 0.3) is 0 Å². The molecular formula is C14H18FNO2. The van der Waals surface area contributed by atoms with Gasteiger partial charge >= 0.3 is 0 Å². The molecule has 18 heavy (non-hydrogen) atoms. The van der Waals surface area contributed by atoms with E-state index in [-0.39, 0.29) is 12.2 Å². The Morgan fingerprint density at radius 2 is 2.11 bits per heavy atom. The van der Waals surface area contributed by atoms with Crippen LogP contribution in [-0.2, 0) is 0 Å². The molecule has 2 rings (SSSR count). The number of carbonyl (C=O) groups excluding carboxylic acids is 1. The molecule has 0 unspecified atom stereocenters. The number of carbonyl (C=O) groups is 1. The van der Waals surface area contributed by atoms with Crippen LogP contribution in [0.2, 0.25) is 0 Å². The average molecular weight is 251 g/mol. The molecule has 1 saturated carbocycles. The predicted molar refractivity (Wildman–Crippen MR) is 68.5 cm³/mol. The maximum atomic E-state index is 13.6. The molecule has 0 saturated heterocycles. The topological polar surface area (TPSA) is 40.5 Å². The van der Waals surface area contributed by atoms with Crippen molar-refractivity contribution in [2.75, 3.05) is 18.1 Å². The number of aliphatic hydroxyl groups excluding tert-OH is 1. The van der Waals surface area contributed by atoms with Crippen LogP contribution < -0.4 is 4.90 Å². The van der Waals surface area contributed by atoms with Gasteiger partial charge < -0.3 is 10.0 Å². The zero-order valence-electron chi connectivity index (χ0n) is 10.3. The van der Waals surface area contributed by atoms with Gasteiger partial charge in [-0.05, 0) is 25.0 Å². The number of nitrogens with zero attached hydrogens (tertiary/aromatic N) is 1. The number of halogens is 1. The molecule has 0 aliphatic heterocycles. The van der Waals surface area contributed by atoms with Gasteiger partial charge in [-0.1, -0.05) is 18.9 Å². The van der Waals surface area contributed by atoms with E-state index >= 15 is 0 Å². The summed E-state index contributed by atoms with van der Waals surface area (Å²) in [6.07, 6.45) is 4.93. The van der Waals surface area contributed by atoms with Crippen molar-refractivity contribution >= 4 is 12.0 Å². The summed E-state index contributed by atoms with van der Waals surface area (Å²) >= 11 is 0. The number of rotatable bonds is 5. The van der Waals surface area contributed by atoms with Crippen LogP contribution in [0.5, 0.6) is 0 Å². The van der Waals surface area contributed by atoms with Crippen molar-refractivity contribution in [3.63, 3.8) is 0 Å². The Bertz CT molecular complexity index is 416. The van der Waals surface area contributed by atoms with Crippen LogP contribution in [0.25, 0.3) is 0 Å². The summed E-state index contributed by atoms with van der Waals surface area (Å²) in [6.45, 7) is 0.445. The number of aliphatic hydroxyl groups is 1. The van der Waals surface area contributed by atoms with Crippen molar-refractivity contribution in [2.45, 2.75) is 31.7 Å². The largest absolute Gasteiger partial charge is 0.395 e. The number of benzene rings is 1. The molecule has 0 spiro atoms. The van der Waals surface area contributed by atoms with Crippen LogP contribution in [-0.4, -0.2) is 30.6 Å². The van der Waals surface area contributed by atoms with E-state index in [1.165, 1.54) is 6.07 Å². The van der Waals surface area contributed by atoms with Crippen molar-refractivity contribution in [1.82, 2.24) is 0 Å². The lowest BCUT2D eigenvalue weighted by Crippen LogP contribution is -2.36. The Hall–Kier alpha value is -1.42. The van der Waals surface area contributed by atoms with Crippen molar-refractivity contribution < 1.29 is 14.3 Å². The van der Waals surface area contributed by atoms with Crippen LogP contribution in [0.3, 0.4) is 0 Å². The van der Waals surface area contributed by atoms with E-state index in [1.54, 1.807) is 12.1 Å². The molecule has 0 atom stereocenters. The first-order valence-corrected chi connectivity index (χ1v) is 6.39. The number of anilines is 1. The minimum absolute atomic E-state index is 0.00527. The summed E-state index contributed by atoms with van der Waals surface area (Å²) in [6, 6.07) is 4.95. The predicted octanol–water partition coefficient (Wildman–Crippen LogP) is 2.38. The van der Waals surface area contributed by atoms with Gasteiger partial charge in [-0.25, -0.2) is 4.39 Å². The van der Waals surface area contributed by atoms with E-state index in [1.807, 2.05) is 4.90 Å². The summed E-state index contributed by atoms with van der Waals surface area (Å²) in [7, 11) is 0. The lowest BCUT2D eigenvalue weighted by molar-refractivity contribution is 0.112. The normalized spacial score (nSPS) is 15.9. The van der Waals surface area contributed by atoms with Crippen LogP contribution in [0.15, 0.2) is 18.2 Å². The molecule has 1 aliphatic carbocycles. The number of aldehydes is 1. The fraction of sp³-hybridized carbons (Fsp3) is 0.500. The molecule has 0 heterocycles. The first-order valence-electron chi connectivity index (χ1n) is 6.39. The Morgan fingerprint density at radius 3 is 2.72 bits per heavy atom. The quantitative estimate of drug-likeness (QED) is 0.817. The number of hydrogen-bond acceptors (Lipinski definition) is 3. The van der Waals surface area contributed by atoms with Crippen molar-refractivity contribution in [1.29, 1.82) is 0 Å². The van der Waals surface area contributed by atoms with Crippen LogP contribution in [0.1, 0.15) is 36.0 Å². The van der Waals surface area contributed by atoms with Gasteiger partial charge in [0.15, 0.2) is 6.29 Å². The summed E-state index contributed by atoms with van der Waals surface area (Å²) < 4.78 is 13.6. The molecule has 3 nitrogen and oxygen atoms in total. The van der Waals surface area contributed by atoms with Crippen LogP contribution >= 0.6 is 0 Å². The third kappa shape index (κ3) is 2.53. The van der Waals surface area contributed by atoms with Crippen LogP contribution in [0, 0.1) is 5.82 Å². The van der Waals surface area contributed by atoms with Gasteiger partial charge in [-0.3, -0.25) is 4.79 Å². The molecule has 0 aromatic heterocycles. The van der Waals surface area contributed by atoms with E-state index < -0.39 is 5.82 Å². The molecule has 0 amide bonds. The lowest BCUT2D eigenvalue weighted by Gasteiger charge is -2.31. The maximum absolute atomic E-state index is 13.6. The lowest BCUT2D eigenvalue weighted by atomic mass is 10.1. The second-order valence-corrected chi connectivity index (χ2v) is 4.65. The minimum atomic E-state index is -0.497. The SMILES string of the molecule is O=Cc1c(F)cccc1N(CCO)C1CCCC1. The van der Waals surface area contributed by atoms with Gasteiger partial charge in [0.05, 0.1) is 17.9 Å². The third-order valence-corrected chi connectivity index (χ3v) is 3.56.